The van der Waals surface area contributed by atoms with Gasteiger partial charge in [0.1, 0.15) is 6.61 Å². The lowest BCUT2D eigenvalue weighted by Gasteiger charge is -2.25. The minimum atomic E-state index is -0.229. The molecule has 0 bridgehead atoms. The van der Waals surface area contributed by atoms with Gasteiger partial charge < -0.3 is 4.74 Å². The lowest BCUT2D eigenvalue weighted by molar-refractivity contribution is -0.153. The molecule has 1 aromatic carbocycles. The molecule has 1 aliphatic rings. The number of rotatable bonds is 4. The lowest BCUT2D eigenvalue weighted by Crippen LogP contribution is -2.26. The van der Waals surface area contributed by atoms with E-state index in [0.717, 1.165) is 18.4 Å². The van der Waals surface area contributed by atoms with Crippen LogP contribution in [0.2, 0.25) is 0 Å². The normalized spacial score (nSPS) is 26.0. The van der Waals surface area contributed by atoms with Gasteiger partial charge in [0.2, 0.25) is 0 Å². The van der Waals surface area contributed by atoms with Gasteiger partial charge in [-0.2, -0.15) is 0 Å². The van der Waals surface area contributed by atoms with E-state index in [2.05, 4.69) is 27.7 Å². The van der Waals surface area contributed by atoms with Crippen LogP contribution in [-0.2, 0) is 16.1 Å². The summed E-state index contributed by atoms with van der Waals surface area (Å²) in [5.41, 5.74) is 0.985. The third-order valence-electron chi connectivity index (χ3n) is 3.92. The molecule has 19 heavy (non-hydrogen) atoms. The van der Waals surface area contributed by atoms with Crippen LogP contribution in [0.1, 0.15) is 46.1 Å². The molecule has 0 radical (unpaired) electrons. The summed E-state index contributed by atoms with van der Waals surface area (Å²) in [7, 11) is 0. The van der Waals surface area contributed by atoms with E-state index < -0.39 is 0 Å². The second-order valence-electron chi connectivity index (χ2n) is 7.06. The van der Waals surface area contributed by atoms with Crippen molar-refractivity contribution in [1.29, 1.82) is 0 Å². The SMILES string of the molecule is CC1CC1(CC(C)(C)C)C(=O)OCc1ccccc1. The first-order chi connectivity index (χ1) is 8.83. The van der Waals surface area contributed by atoms with Crippen LogP contribution in [-0.4, -0.2) is 5.97 Å². The fraction of sp³-hybridized carbons (Fsp3) is 0.588. The van der Waals surface area contributed by atoms with Crippen LogP contribution in [0.4, 0.5) is 0 Å². The summed E-state index contributed by atoms with van der Waals surface area (Å²) >= 11 is 0. The van der Waals surface area contributed by atoms with Gasteiger partial charge in [-0.1, -0.05) is 58.0 Å². The topological polar surface area (TPSA) is 26.3 Å². The number of hydrogen-bond donors (Lipinski definition) is 0. The molecule has 2 rings (SSSR count). The van der Waals surface area contributed by atoms with Crippen LogP contribution in [0.5, 0.6) is 0 Å². The van der Waals surface area contributed by atoms with E-state index in [1.54, 1.807) is 0 Å². The van der Waals surface area contributed by atoms with Gasteiger partial charge in [-0.3, -0.25) is 4.79 Å². The number of ether oxygens (including phenoxy) is 1. The maximum Gasteiger partial charge on any atom is 0.312 e. The highest BCUT2D eigenvalue weighted by atomic mass is 16.5. The first kappa shape index (κ1) is 14.1. The van der Waals surface area contributed by atoms with E-state index in [4.69, 9.17) is 4.74 Å². The number of carbonyl (C=O) groups excluding carboxylic acids is 1. The van der Waals surface area contributed by atoms with Crippen LogP contribution < -0.4 is 0 Å². The van der Waals surface area contributed by atoms with Crippen LogP contribution in [0, 0.1) is 16.7 Å². The fourth-order valence-corrected chi connectivity index (χ4v) is 2.90. The molecule has 0 amide bonds. The molecule has 2 nitrogen and oxygen atoms in total. The van der Waals surface area contributed by atoms with Crippen molar-refractivity contribution in [3.8, 4) is 0 Å². The van der Waals surface area contributed by atoms with Gasteiger partial charge in [-0.05, 0) is 29.7 Å². The highest BCUT2D eigenvalue weighted by molar-refractivity contribution is 5.80. The molecule has 104 valence electrons. The number of benzene rings is 1. The Morgan fingerprint density at radius 1 is 1.32 bits per heavy atom. The minimum Gasteiger partial charge on any atom is -0.460 e. The van der Waals surface area contributed by atoms with Crippen LogP contribution in [0.3, 0.4) is 0 Å². The zero-order valence-electron chi connectivity index (χ0n) is 12.4. The highest BCUT2D eigenvalue weighted by Crippen LogP contribution is 2.59. The Morgan fingerprint density at radius 2 is 1.89 bits per heavy atom. The van der Waals surface area contributed by atoms with E-state index in [0.29, 0.717) is 12.5 Å². The number of esters is 1. The maximum atomic E-state index is 12.4. The van der Waals surface area contributed by atoms with Gasteiger partial charge >= 0.3 is 5.97 Å². The van der Waals surface area contributed by atoms with Crippen molar-refractivity contribution in [3.63, 3.8) is 0 Å². The summed E-state index contributed by atoms with van der Waals surface area (Å²) in [6, 6.07) is 9.87. The van der Waals surface area contributed by atoms with Gasteiger partial charge in [0.25, 0.3) is 0 Å². The van der Waals surface area contributed by atoms with E-state index in [1.165, 1.54) is 0 Å². The average Bonchev–Trinajstić information content (AvgIpc) is 2.96. The Morgan fingerprint density at radius 3 is 2.37 bits per heavy atom. The van der Waals surface area contributed by atoms with Gasteiger partial charge in [0.15, 0.2) is 0 Å². The summed E-state index contributed by atoms with van der Waals surface area (Å²) in [5, 5.41) is 0. The van der Waals surface area contributed by atoms with E-state index in [1.807, 2.05) is 30.3 Å². The zero-order valence-corrected chi connectivity index (χ0v) is 12.4. The van der Waals surface area contributed by atoms with Crippen molar-refractivity contribution in [2.45, 2.75) is 47.1 Å². The van der Waals surface area contributed by atoms with Crippen LogP contribution in [0.25, 0.3) is 0 Å². The lowest BCUT2D eigenvalue weighted by atomic mass is 9.81. The molecular formula is C17H24O2. The third-order valence-corrected chi connectivity index (χ3v) is 3.92. The molecule has 2 atom stereocenters. The Labute approximate surface area is 116 Å². The van der Waals surface area contributed by atoms with Crippen molar-refractivity contribution in [1.82, 2.24) is 0 Å². The highest BCUT2D eigenvalue weighted by Gasteiger charge is 2.59. The smallest absolute Gasteiger partial charge is 0.312 e. The molecule has 1 fully saturated rings. The van der Waals surface area contributed by atoms with Crippen molar-refractivity contribution in [2.24, 2.45) is 16.7 Å². The second-order valence-corrected chi connectivity index (χ2v) is 7.06. The Bertz CT molecular complexity index is 444. The van der Waals surface area contributed by atoms with Crippen molar-refractivity contribution in [3.05, 3.63) is 35.9 Å². The van der Waals surface area contributed by atoms with Crippen molar-refractivity contribution >= 4 is 5.97 Å². The number of carbonyl (C=O) groups is 1. The molecule has 1 aliphatic carbocycles. The molecule has 2 unspecified atom stereocenters. The maximum absolute atomic E-state index is 12.4. The first-order valence-electron chi connectivity index (χ1n) is 7.05. The van der Waals surface area contributed by atoms with Gasteiger partial charge in [-0.15, -0.1) is 0 Å². The number of hydrogen-bond acceptors (Lipinski definition) is 2. The molecule has 1 saturated carbocycles. The standard InChI is InChI=1S/C17H24O2/c1-13-10-17(13,12-16(2,3)4)15(18)19-11-14-8-6-5-7-9-14/h5-9,13H,10-12H2,1-4H3. The minimum absolute atomic E-state index is 0.0150. The summed E-state index contributed by atoms with van der Waals surface area (Å²) in [6.45, 7) is 9.09. The molecule has 0 saturated heterocycles. The molecule has 2 heteroatoms. The molecule has 1 aromatic rings. The van der Waals surface area contributed by atoms with E-state index in [9.17, 15) is 4.79 Å². The van der Waals surface area contributed by atoms with Gasteiger partial charge in [-0.25, -0.2) is 0 Å². The molecule has 0 aromatic heterocycles. The van der Waals surface area contributed by atoms with E-state index in [-0.39, 0.29) is 16.8 Å². The fourth-order valence-electron chi connectivity index (χ4n) is 2.90. The van der Waals surface area contributed by atoms with Crippen LogP contribution >= 0.6 is 0 Å². The predicted octanol–water partition coefficient (Wildman–Crippen LogP) is 4.19. The Hall–Kier alpha value is -1.31. The summed E-state index contributed by atoms with van der Waals surface area (Å²) in [5.74, 6) is 0.439. The van der Waals surface area contributed by atoms with Crippen molar-refractivity contribution < 1.29 is 9.53 Å². The van der Waals surface area contributed by atoms with Crippen molar-refractivity contribution in [2.75, 3.05) is 0 Å². The largest absolute Gasteiger partial charge is 0.460 e. The monoisotopic (exact) mass is 260 g/mol. The second kappa shape index (κ2) is 4.99. The average molecular weight is 260 g/mol. The Kier molecular flexibility index (Phi) is 3.71. The molecule has 0 aliphatic heterocycles. The molecule has 0 N–H and O–H groups in total. The van der Waals surface area contributed by atoms with Gasteiger partial charge in [0, 0.05) is 0 Å². The quantitative estimate of drug-likeness (QED) is 0.759. The summed E-state index contributed by atoms with van der Waals surface area (Å²) in [4.78, 5) is 12.4. The van der Waals surface area contributed by atoms with E-state index >= 15 is 0 Å². The molecule has 0 spiro atoms. The Balaban J connectivity index is 1.95. The summed E-state index contributed by atoms with van der Waals surface area (Å²) in [6.07, 6.45) is 1.88. The van der Waals surface area contributed by atoms with Gasteiger partial charge in [0.05, 0.1) is 5.41 Å². The summed E-state index contributed by atoms with van der Waals surface area (Å²) < 4.78 is 5.53. The first-order valence-corrected chi connectivity index (χ1v) is 7.05. The zero-order chi connectivity index (χ0) is 14.1. The predicted molar refractivity (Wildman–Crippen MR) is 76.5 cm³/mol. The molecular weight excluding hydrogens is 236 g/mol. The third kappa shape index (κ3) is 3.37. The molecule has 0 heterocycles. The van der Waals surface area contributed by atoms with Crippen LogP contribution in [0.15, 0.2) is 30.3 Å².